The minimum Gasteiger partial charge on any atom is -0.481 e. The molecule has 1 aromatic rings. The third-order valence-corrected chi connectivity index (χ3v) is 5.02. The Bertz CT molecular complexity index is 652. The molecule has 3 rings (SSSR count). The summed E-state index contributed by atoms with van der Waals surface area (Å²) in [6.07, 6.45) is -0.565. The highest BCUT2D eigenvalue weighted by atomic mass is 16.5. The molecule has 0 aliphatic carbocycles. The van der Waals surface area contributed by atoms with Gasteiger partial charge in [-0.05, 0) is 31.0 Å². The van der Waals surface area contributed by atoms with Crippen molar-refractivity contribution >= 4 is 5.91 Å². The van der Waals surface area contributed by atoms with Crippen molar-refractivity contribution in [2.75, 3.05) is 39.4 Å². The highest BCUT2D eigenvalue weighted by Gasteiger charge is 2.38. The van der Waals surface area contributed by atoms with Crippen LogP contribution in [0.4, 0.5) is 0 Å². The largest absolute Gasteiger partial charge is 0.481 e. The van der Waals surface area contributed by atoms with Crippen LogP contribution in [0.3, 0.4) is 0 Å². The molecular weight excluding hydrogens is 318 g/mol. The zero-order chi connectivity index (χ0) is 17.8. The average molecular weight is 343 g/mol. The Balaban J connectivity index is 1.59. The first kappa shape index (κ1) is 17.7. The lowest BCUT2D eigenvalue weighted by atomic mass is 10.0. The minimum atomic E-state index is -0.565. The summed E-state index contributed by atoms with van der Waals surface area (Å²) in [5, 5.41) is 8.97. The smallest absolute Gasteiger partial charge is 0.263 e. The molecule has 6 heteroatoms. The van der Waals surface area contributed by atoms with Gasteiger partial charge < -0.3 is 14.4 Å². The van der Waals surface area contributed by atoms with E-state index in [0.29, 0.717) is 23.3 Å². The predicted octanol–water partition coefficient (Wildman–Crippen LogP) is 1.50. The summed E-state index contributed by atoms with van der Waals surface area (Å²) >= 11 is 0. The first-order valence-electron chi connectivity index (χ1n) is 8.86. The number of amides is 1. The fourth-order valence-electron chi connectivity index (χ4n) is 3.66. The molecule has 0 bridgehead atoms. The number of likely N-dealkylation sites (tertiary alicyclic amines) is 1. The molecule has 0 spiro atoms. The van der Waals surface area contributed by atoms with Crippen LogP contribution >= 0.6 is 0 Å². The van der Waals surface area contributed by atoms with Gasteiger partial charge in [-0.1, -0.05) is 13.0 Å². The summed E-state index contributed by atoms with van der Waals surface area (Å²) in [5.74, 6) is 0.998. The lowest BCUT2D eigenvalue weighted by Crippen LogP contribution is -2.47. The average Bonchev–Trinajstić information content (AvgIpc) is 3.03. The standard InChI is InChI=1S/C19H25N3O3/c1-14-12-22(13-18(14)21-6-8-24-9-7-21)19(23)15(2)25-17-5-3-4-16(10-17)11-20/h3-5,10,14-15,18H,6-9,12-13H2,1-2H3/t14-,15-,18+/m0/s1. The van der Waals surface area contributed by atoms with Crippen molar-refractivity contribution in [3.8, 4) is 11.8 Å². The lowest BCUT2D eigenvalue weighted by molar-refractivity contribution is -0.137. The van der Waals surface area contributed by atoms with E-state index in [1.165, 1.54) is 0 Å². The molecule has 3 atom stereocenters. The topological polar surface area (TPSA) is 65.8 Å². The van der Waals surface area contributed by atoms with Gasteiger partial charge in [-0.2, -0.15) is 5.26 Å². The molecule has 2 fully saturated rings. The summed E-state index contributed by atoms with van der Waals surface area (Å²) in [7, 11) is 0. The Kier molecular flexibility index (Phi) is 5.57. The van der Waals surface area contributed by atoms with Gasteiger partial charge in [-0.25, -0.2) is 0 Å². The second kappa shape index (κ2) is 7.85. The van der Waals surface area contributed by atoms with Gasteiger partial charge >= 0.3 is 0 Å². The molecule has 0 saturated carbocycles. The fourth-order valence-corrected chi connectivity index (χ4v) is 3.66. The summed E-state index contributed by atoms with van der Waals surface area (Å²) in [5.41, 5.74) is 0.527. The predicted molar refractivity (Wildman–Crippen MR) is 93.2 cm³/mol. The third-order valence-electron chi connectivity index (χ3n) is 5.02. The second-order valence-electron chi connectivity index (χ2n) is 6.84. The monoisotopic (exact) mass is 343 g/mol. The summed E-state index contributed by atoms with van der Waals surface area (Å²) in [4.78, 5) is 17.1. The number of hydrogen-bond donors (Lipinski definition) is 0. The number of carbonyl (C=O) groups is 1. The molecule has 1 amide bonds. The highest BCUT2D eigenvalue weighted by molar-refractivity contribution is 5.81. The maximum Gasteiger partial charge on any atom is 0.263 e. The van der Waals surface area contributed by atoms with Crippen LogP contribution in [0, 0.1) is 17.2 Å². The van der Waals surface area contributed by atoms with Crippen molar-refractivity contribution < 1.29 is 14.3 Å². The number of nitriles is 1. The molecule has 0 radical (unpaired) electrons. The highest BCUT2D eigenvalue weighted by Crippen LogP contribution is 2.24. The van der Waals surface area contributed by atoms with Gasteiger partial charge in [-0.3, -0.25) is 9.69 Å². The van der Waals surface area contributed by atoms with Crippen LogP contribution in [0.1, 0.15) is 19.4 Å². The van der Waals surface area contributed by atoms with E-state index < -0.39 is 6.10 Å². The molecule has 2 aliphatic rings. The first-order chi connectivity index (χ1) is 12.1. The second-order valence-corrected chi connectivity index (χ2v) is 6.84. The van der Waals surface area contributed by atoms with Crippen molar-refractivity contribution in [3.05, 3.63) is 29.8 Å². The Morgan fingerprint density at radius 2 is 2.12 bits per heavy atom. The summed E-state index contributed by atoms with van der Waals surface area (Å²) < 4.78 is 11.2. The number of carbonyl (C=O) groups excluding carboxylic acids is 1. The van der Waals surface area contributed by atoms with Gasteiger partial charge in [0, 0.05) is 32.2 Å². The molecular formula is C19H25N3O3. The van der Waals surface area contributed by atoms with E-state index in [9.17, 15) is 4.79 Å². The third kappa shape index (κ3) is 4.12. The number of benzene rings is 1. The minimum absolute atomic E-state index is 0.00460. The van der Waals surface area contributed by atoms with E-state index in [0.717, 1.165) is 39.4 Å². The Morgan fingerprint density at radius 3 is 2.84 bits per heavy atom. The zero-order valence-corrected chi connectivity index (χ0v) is 14.9. The van der Waals surface area contributed by atoms with E-state index >= 15 is 0 Å². The molecule has 2 aliphatic heterocycles. The van der Waals surface area contributed by atoms with E-state index in [2.05, 4.69) is 17.9 Å². The number of hydrogen-bond acceptors (Lipinski definition) is 5. The number of ether oxygens (including phenoxy) is 2. The summed E-state index contributed by atoms with van der Waals surface area (Å²) in [6.45, 7) is 8.88. The molecule has 25 heavy (non-hydrogen) atoms. The van der Waals surface area contributed by atoms with Crippen LogP contribution in [0.5, 0.6) is 5.75 Å². The Labute approximate surface area is 148 Å². The number of rotatable bonds is 4. The molecule has 0 unspecified atom stereocenters. The van der Waals surface area contributed by atoms with E-state index in [4.69, 9.17) is 14.7 Å². The number of morpholine rings is 1. The quantitative estimate of drug-likeness (QED) is 0.829. The molecule has 2 heterocycles. The Morgan fingerprint density at radius 1 is 1.36 bits per heavy atom. The maximum atomic E-state index is 12.8. The zero-order valence-electron chi connectivity index (χ0n) is 14.9. The molecule has 0 aromatic heterocycles. The first-order valence-corrected chi connectivity index (χ1v) is 8.86. The van der Waals surface area contributed by atoms with Crippen molar-refractivity contribution in [2.24, 2.45) is 5.92 Å². The molecule has 2 saturated heterocycles. The van der Waals surface area contributed by atoms with Crippen LogP contribution in [0.15, 0.2) is 24.3 Å². The molecule has 134 valence electrons. The SMILES string of the molecule is C[C@H](Oc1cccc(C#N)c1)C(=O)N1C[C@@H](N2CCOCC2)[C@@H](C)C1. The van der Waals surface area contributed by atoms with Gasteiger partial charge in [0.05, 0.1) is 24.8 Å². The van der Waals surface area contributed by atoms with Crippen molar-refractivity contribution in [3.63, 3.8) is 0 Å². The van der Waals surface area contributed by atoms with Crippen molar-refractivity contribution in [1.29, 1.82) is 5.26 Å². The van der Waals surface area contributed by atoms with Crippen LogP contribution in [0.2, 0.25) is 0 Å². The molecule has 1 aromatic carbocycles. The van der Waals surface area contributed by atoms with Gasteiger partial charge in [0.1, 0.15) is 5.75 Å². The fraction of sp³-hybridized carbons (Fsp3) is 0.579. The van der Waals surface area contributed by atoms with Crippen LogP contribution in [0.25, 0.3) is 0 Å². The molecule has 6 nitrogen and oxygen atoms in total. The van der Waals surface area contributed by atoms with Crippen LogP contribution in [-0.4, -0.2) is 67.2 Å². The van der Waals surface area contributed by atoms with Crippen molar-refractivity contribution in [1.82, 2.24) is 9.80 Å². The number of nitrogens with zero attached hydrogens (tertiary/aromatic N) is 3. The van der Waals surface area contributed by atoms with E-state index in [1.807, 2.05) is 4.90 Å². The molecule has 0 N–H and O–H groups in total. The Hall–Kier alpha value is -2.10. The lowest BCUT2D eigenvalue weighted by Gasteiger charge is -2.34. The maximum absolute atomic E-state index is 12.8. The van der Waals surface area contributed by atoms with Gasteiger partial charge in [-0.15, -0.1) is 0 Å². The van der Waals surface area contributed by atoms with E-state index in [1.54, 1.807) is 31.2 Å². The van der Waals surface area contributed by atoms with Crippen LogP contribution < -0.4 is 4.74 Å². The van der Waals surface area contributed by atoms with Gasteiger partial charge in [0.2, 0.25) is 0 Å². The van der Waals surface area contributed by atoms with Crippen molar-refractivity contribution in [2.45, 2.75) is 26.0 Å². The van der Waals surface area contributed by atoms with Crippen LogP contribution in [-0.2, 0) is 9.53 Å². The van der Waals surface area contributed by atoms with E-state index in [-0.39, 0.29) is 5.91 Å². The summed E-state index contributed by atoms with van der Waals surface area (Å²) in [6, 6.07) is 9.38. The van der Waals surface area contributed by atoms with Gasteiger partial charge in [0.15, 0.2) is 6.10 Å². The normalized spacial score (nSPS) is 25.4. The van der Waals surface area contributed by atoms with Gasteiger partial charge in [0.25, 0.3) is 5.91 Å².